The molecule has 2 N–H and O–H groups in total. The van der Waals surface area contributed by atoms with Gasteiger partial charge in [0.25, 0.3) is 0 Å². The lowest BCUT2D eigenvalue weighted by Gasteiger charge is -2.13. The van der Waals surface area contributed by atoms with E-state index in [1.807, 2.05) is 65.7 Å². The first-order valence-corrected chi connectivity index (χ1v) is 10.5. The Kier molecular flexibility index (Phi) is 5.35. The van der Waals surface area contributed by atoms with Gasteiger partial charge in [-0.1, -0.05) is 30.3 Å². The van der Waals surface area contributed by atoms with Crippen molar-refractivity contribution in [3.05, 3.63) is 78.6 Å². The molecule has 33 heavy (non-hydrogen) atoms. The molecule has 2 aromatic carbocycles. The molecule has 0 spiro atoms. The average molecular weight is 441 g/mol. The summed E-state index contributed by atoms with van der Waals surface area (Å²) in [5, 5.41) is 6.43. The molecule has 9 nitrogen and oxygen atoms in total. The predicted octanol–water partition coefficient (Wildman–Crippen LogP) is 4.16. The van der Waals surface area contributed by atoms with Gasteiger partial charge in [-0.3, -0.25) is 0 Å². The number of anilines is 3. The van der Waals surface area contributed by atoms with Crippen LogP contribution in [0.5, 0.6) is 5.75 Å². The fourth-order valence-corrected chi connectivity index (χ4v) is 3.72. The van der Waals surface area contributed by atoms with E-state index in [4.69, 9.17) is 9.72 Å². The van der Waals surface area contributed by atoms with Crippen LogP contribution in [0.3, 0.4) is 0 Å². The summed E-state index contributed by atoms with van der Waals surface area (Å²) in [4.78, 5) is 18.2. The molecular weight excluding hydrogens is 416 g/mol. The zero-order valence-electron chi connectivity index (χ0n) is 18.6. The van der Waals surface area contributed by atoms with Crippen LogP contribution in [-0.4, -0.2) is 43.2 Å². The van der Waals surface area contributed by atoms with E-state index in [9.17, 15) is 0 Å². The Morgan fingerprint density at radius 1 is 1.00 bits per heavy atom. The summed E-state index contributed by atoms with van der Waals surface area (Å²) in [6.07, 6.45) is 5.52. The highest BCUT2D eigenvalue weighted by molar-refractivity contribution is 5.84. The summed E-state index contributed by atoms with van der Waals surface area (Å²) in [7, 11) is 3.48. The van der Waals surface area contributed by atoms with Gasteiger partial charge in [0.2, 0.25) is 5.95 Å². The first-order chi connectivity index (χ1) is 16.1. The number of nitrogens with one attached hydrogen (secondary N) is 2. The van der Waals surface area contributed by atoms with Gasteiger partial charge in [-0.25, -0.2) is 9.97 Å². The third-order valence-corrected chi connectivity index (χ3v) is 5.32. The van der Waals surface area contributed by atoms with E-state index in [-0.39, 0.29) is 0 Å². The highest BCUT2D eigenvalue weighted by Crippen LogP contribution is 2.29. The molecule has 0 saturated heterocycles. The van der Waals surface area contributed by atoms with E-state index in [0.717, 1.165) is 28.2 Å². The molecule has 0 bridgehead atoms. The minimum Gasteiger partial charge on any atom is -0.494 e. The van der Waals surface area contributed by atoms with E-state index in [1.54, 1.807) is 19.8 Å². The van der Waals surface area contributed by atoms with Gasteiger partial charge in [-0.2, -0.15) is 9.97 Å². The molecule has 0 radical (unpaired) electrons. The monoisotopic (exact) mass is 440 g/mol. The van der Waals surface area contributed by atoms with E-state index in [1.165, 1.54) is 5.56 Å². The second kappa shape index (κ2) is 8.62. The molecule has 5 aromatic rings. The van der Waals surface area contributed by atoms with E-state index < -0.39 is 0 Å². The van der Waals surface area contributed by atoms with E-state index >= 15 is 0 Å². The minimum absolute atomic E-state index is 0.468. The first-order valence-electron chi connectivity index (χ1n) is 10.5. The summed E-state index contributed by atoms with van der Waals surface area (Å²) in [5.41, 5.74) is 5.29. The fourth-order valence-electron chi connectivity index (χ4n) is 3.72. The maximum Gasteiger partial charge on any atom is 0.231 e. The molecule has 0 aliphatic heterocycles. The zero-order valence-corrected chi connectivity index (χ0v) is 18.6. The van der Waals surface area contributed by atoms with Crippen LogP contribution in [0.1, 0.15) is 11.3 Å². The molecule has 9 heteroatoms. The van der Waals surface area contributed by atoms with Crippen LogP contribution in [0.4, 0.5) is 17.5 Å². The van der Waals surface area contributed by atoms with Crippen molar-refractivity contribution in [2.75, 3.05) is 24.8 Å². The molecule has 0 saturated carbocycles. The maximum absolute atomic E-state index is 5.62. The molecule has 166 valence electrons. The molecule has 0 fully saturated rings. The van der Waals surface area contributed by atoms with Gasteiger partial charge in [-0.15, -0.1) is 0 Å². The number of imidazole rings is 2. The van der Waals surface area contributed by atoms with Crippen molar-refractivity contribution in [1.29, 1.82) is 0 Å². The van der Waals surface area contributed by atoms with Crippen molar-refractivity contribution in [3.8, 4) is 11.4 Å². The number of rotatable bonds is 7. The fraction of sp³-hybridized carbons (Fsp3) is 0.167. The SMILES string of the molecule is CNc1nc(Nc2ccc(-n3cnc(C)c3)c(OC)c2)nc2c1ncn2Cc1ccccc1. The van der Waals surface area contributed by atoms with Crippen LogP contribution in [0.15, 0.2) is 67.4 Å². The number of aryl methyl sites for hydroxylation is 1. The van der Waals surface area contributed by atoms with Crippen LogP contribution in [-0.2, 0) is 6.54 Å². The topological polar surface area (TPSA) is 94.7 Å². The van der Waals surface area contributed by atoms with E-state index in [2.05, 4.69) is 37.7 Å². The quantitative estimate of drug-likeness (QED) is 0.392. The van der Waals surface area contributed by atoms with Gasteiger partial charge < -0.3 is 24.5 Å². The van der Waals surface area contributed by atoms with Crippen molar-refractivity contribution >= 4 is 28.6 Å². The van der Waals surface area contributed by atoms with Crippen LogP contribution in [0.25, 0.3) is 16.9 Å². The second-order valence-electron chi connectivity index (χ2n) is 7.61. The Bertz CT molecular complexity index is 1410. The second-order valence-corrected chi connectivity index (χ2v) is 7.61. The average Bonchev–Trinajstić information content (AvgIpc) is 3.45. The zero-order chi connectivity index (χ0) is 22.8. The molecule has 3 aromatic heterocycles. The van der Waals surface area contributed by atoms with Gasteiger partial charge in [0.1, 0.15) is 5.75 Å². The molecule has 0 unspecified atom stereocenters. The Balaban J connectivity index is 1.49. The Labute approximate surface area is 191 Å². The number of methoxy groups -OCH3 is 1. The summed E-state index contributed by atoms with van der Waals surface area (Å²) >= 11 is 0. The van der Waals surface area contributed by atoms with Crippen LogP contribution in [0.2, 0.25) is 0 Å². The van der Waals surface area contributed by atoms with Crippen molar-refractivity contribution in [3.63, 3.8) is 0 Å². The Hall–Kier alpha value is -4.40. The molecule has 3 heterocycles. The third kappa shape index (κ3) is 4.08. The minimum atomic E-state index is 0.468. The van der Waals surface area contributed by atoms with Gasteiger partial charge in [-0.05, 0) is 24.6 Å². The van der Waals surface area contributed by atoms with Gasteiger partial charge in [0.05, 0.1) is 37.7 Å². The number of fused-ring (bicyclic) bond motifs is 1. The number of ether oxygens (including phenoxy) is 1. The molecule has 0 aliphatic carbocycles. The normalized spacial score (nSPS) is 11.0. The van der Waals surface area contributed by atoms with Crippen LogP contribution in [0, 0.1) is 6.92 Å². The van der Waals surface area contributed by atoms with Gasteiger partial charge in [0, 0.05) is 25.0 Å². The lowest BCUT2D eigenvalue weighted by atomic mass is 10.2. The number of aromatic nitrogens is 6. The highest BCUT2D eigenvalue weighted by Gasteiger charge is 2.14. The van der Waals surface area contributed by atoms with Crippen molar-refractivity contribution < 1.29 is 4.74 Å². The Morgan fingerprint density at radius 2 is 1.85 bits per heavy atom. The summed E-state index contributed by atoms with van der Waals surface area (Å²) in [6, 6.07) is 16.1. The lowest BCUT2D eigenvalue weighted by molar-refractivity contribution is 0.413. The molecular formula is C24H24N8O. The first kappa shape index (κ1) is 20.5. The lowest BCUT2D eigenvalue weighted by Crippen LogP contribution is -2.05. The third-order valence-electron chi connectivity index (χ3n) is 5.32. The molecule has 0 amide bonds. The highest BCUT2D eigenvalue weighted by atomic mass is 16.5. The van der Waals surface area contributed by atoms with Crippen molar-refractivity contribution in [1.82, 2.24) is 29.1 Å². The molecule has 5 rings (SSSR count). The molecule has 0 atom stereocenters. The summed E-state index contributed by atoms with van der Waals surface area (Å²) in [5.74, 6) is 1.84. The van der Waals surface area contributed by atoms with E-state index in [0.29, 0.717) is 24.1 Å². The predicted molar refractivity (Wildman–Crippen MR) is 129 cm³/mol. The van der Waals surface area contributed by atoms with Crippen molar-refractivity contribution in [2.45, 2.75) is 13.5 Å². The number of benzene rings is 2. The molecule has 0 aliphatic rings. The smallest absolute Gasteiger partial charge is 0.231 e. The number of nitrogens with zero attached hydrogens (tertiary/aromatic N) is 6. The number of hydrogen-bond donors (Lipinski definition) is 2. The summed E-state index contributed by atoms with van der Waals surface area (Å²) in [6.45, 7) is 2.62. The maximum atomic E-state index is 5.62. The largest absolute Gasteiger partial charge is 0.494 e. The van der Waals surface area contributed by atoms with Crippen LogP contribution < -0.4 is 15.4 Å². The van der Waals surface area contributed by atoms with Crippen LogP contribution >= 0.6 is 0 Å². The van der Waals surface area contributed by atoms with Gasteiger partial charge >= 0.3 is 0 Å². The van der Waals surface area contributed by atoms with Gasteiger partial charge in [0.15, 0.2) is 17.0 Å². The standard InChI is InChI=1S/C24H24N8O/c1-16-12-31(14-26-16)19-10-9-18(11-20(19)33-3)28-24-29-22(25-2)21-23(30-24)32(15-27-21)13-17-7-5-4-6-8-17/h4-12,14-15H,13H2,1-3H3,(H2,25,28,29,30). The Morgan fingerprint density at radius 3 is 2.58 bits per heavy atom. The summed E-state index contributed by atoms with van der Waals surface area (Å²) < 4.78 is 9.57. The van der Waals surface area contributed by atoms with Crippen molar-refractivity contribution in [2.24, 2.45) is 0 Å². The number of hydrogen-bond acceptors (Lipinski definition) is 7.